The molecule has 0 aromatic rings. The van der Waals surface area contributed by atoms with E-state index in [-0.39, 0.29) is 29.2 Å². The number of hydrogen-bond acceptors (Lipinski definition) is 4. The van der Waals surface area contributed by atoms with Crippen molar-refractivity contribution in [1.82, 2.24) is 4.90 Å². The van der Waals surface area contributed by atoms with Crippen LogP contribution in [0, 0.1) is 5.41 Å². The van der Waals surface area contributed by atoms with Gasteiger partial charge in [-0.15, -0.1) is 0 Å². The van der Waals surface area contributed by atoms with Crippen LogP contribution >= 0.6 is 0 Å². The number of hydrogen-bond donors (Lipinski definition) is 3. The summed E-state index contributed by atoms with van der Waals surface area (Å²) >= 11 is 0. The summed E-state index contributed by atoms with van der Waals surface area (Å²) in [7, 11) is 0. The van der Waals surface area contributed by atoms with Gasteiger partial charge in [0.2, 0.25) is 0 Å². The number of nitrogens with two attached hydrogens (primary N) is 1. The zero-order valence-electron chi connectivity index (χ0n) is 15.1. The fourth-order valence-corrected chi connectivity index (χ4v) is 2.13. The topological polar surface area (TPSA) is 69.7 Å². The molecular weight excluding hydrogens is 252 g/mol. The molecule has 1 atom stereocenters. The first-order valence-corrected chi connectivity index (χ1v) is 7.44. The Bertz CT molecular complexity index is 233. The van der Waals surface area contributed by atoms with Crippen LogP contribution in [0.4, 0.5) is 0 Å². The lowest BCUT2D eigenvalue weighted by Crippen LogP contribution is -2.53. The number of rotatable bonds is 3. The summed E-state index contributed by atoms with van der Waals surface area (Å²) in [4.78, 5) is 2.31. The lowest BCUT2D eigenvalue weighted by Gasteiger charge is -2.45. The first-order valence-electron chi connectivity index (χ1n) is 7.44. The average molecular weight is 290 g/mol. The fraction of sp³-hybridized carbons (Fsp3) is 1.00. The molecule has 4 nitrogen and oxygen atoms in total. The summed E-state index contributed by atoms with van der Waals surface area (Å²) in [5.41, 5.74) is 5.40. The predicted molar refractivity (Wildman–Crippen MR) is 87.8 cm³/mol. The van der Waals surface area contributed by atoms with E-state index < -0.39 is 0 Å². The normalized spacial score (nSPS) is 14.8. The first-order chi connectivity index (χ1) is 8.67. The maximum atomic E-state index is 9.07. The van der Waals surface area contributed by atoms with Crippen LogP contribution in [0.2, 0.25) is 0 Å². The lowest BCUT2D eigenvalue weighted by molar-refractivity contribution is 0.0225. The smallest absolute Gasteiger partial charge is 0.0710 e. The molecule has 1 unspecified atom stereocenters. The Morgan fingerprint density at radius 3 is 1.30 bits per heavy atom. The van der Waals surface area contributed by atoms with Gasteiger partial charge in [0, 0.05) is 24.2 Å². The molecule has 0 saturated carbocycles. The number of nitrogens with zero attached hydrogens (tertiary/aromatic N) is 1. The van der Waals surface area contributed by atoms with Gasteiger partial charge in [0.05, 0.1) is 12.7 Å². The standard InChI is InChI=1S/C10H23NO.C6H15NO/c1-9(2,3)11(7-8-12)10(4,5)6;1-6(2,3)5(8)4-7/h12H,7-8H2,1-6H3;5,8H,4,7H2,1-3H3. The van der Waals surface area contributed by atoms with Crippen LogP contribution in [0.15, 0.2) is 0 Å². The average Bonchev–Trinajstić information content (AvgIpc) is 2.21. The molecule has 124 valence electrons. The van der Waals surface area contributed by atoms with Crippen molar-refractivity contribution in [3.05, 3.63) is 0 Å². The van der Waals surface area contributed by atoms with E-state index in [0.29, 0.717) is 6.54 Å². The van der Waals surface area contributed by atoms with E-state index in [1.807, 2.05) is 20.8 Å². The summed E-state index contributed by atoms with van der Waals surface area (Å²) in [6, 6.07) is 0. The Labute approximate surface area is 126 Å². The van der Waals surface area contributed by atoms with Crippen molar-refractivity contribution in [1.29, 1.82) is 0 Å². The molecule has 4 N–H and O–H groups in total. The maximum absolute atomic E-state index is 9.07. The Morgan fingerprint density at radius 1 is 0.900 bits per heavy atom. The third kappa shape index (κ3) is 9.70. The highest BCUT2D eigenvalue weighted by Crippen LogP contribution is 2.23. The van der Waals surface area contributed by atoms with Gasteiger partial charge in [-0.3, -0.25) is 4.90 Å². The summed E-state index contributed by atoms with van der Waals surface area (Å²) in [5, 5.41) is 18.0. The Morgan fingerprint density at radius 2 is 1.25 bits per heavy atom. The Balaban J connectivity index is 0. The van der Waals surface area contributed by atoms with E-state index in [9.17, 15) is 0 Å². The molecule has 0 amide bonds. The van der Waals surface area contributed by atoms with Crippen LogP contribution in [0.1, 0.15) is 62.3 Å². The van der Waals surface area contributed by atoms with E-state index in [2.05, 4.69) is 46.4 Å². The minimum absolute atomic E-state index is 0.0608. The van der Waals surface area contributed by atoms with E-state index in [1.54, 1.807) is 0 Å². The second-order valence-electron chi connectivity index (χ2n) is 8.33. The van der Waals surface area contributed by atoms with Gasteiger partial charge in [0.15, 0.2) is 0 Å². The quantitative estimate of drug-likeness (QED) is 0.745. The highest BCUT2D eigenvalue weighted by molar-refractivity contribution is 4.86. The van der Waals surface area contributed by atoms with Gasteiger partial charge in [0.1, 0.15) is 0 Å². The molecular formula is C16H38N2O2. The number of β-amino-alcohol motifs (C(OH)–C–C–N with tert-alkyl or cyclic N) is 1. The van der Waals surface area contributed by atoms with Gasteiger partial charge in [-0.05, 0) is 47.0 Å². The van der Waals surface area contributed by atoms with Crippen molar-refractivity contribution < 1.29 is 10.2 Å². The van der Waals surface area contributed by atoms with Crippen molar-refractivity contribution in [3.63, 3.8) is 0 Å². The van der Waals surface area contributed by atoms with Crippen molar-refractivity contribution in [2.75, 3.05) is 19.7 Å². The molecule has 0 radical (unpaired) electrons. The lowest BCUT2D eigenvalue weighted by atomic mass is 9.89. The number of aliphatic hydroxyl groups excluding tert-OH is 2. The van der Waals surface area contributed by atoms with Crippen molar-refractivity contribution in [2.24, 2.45) is 11.1 Å². The van der Waals surface area contributed by atoms with Gasteiger partial charge in [-0.1, -0.05) is 20.8 Å². The van der Waals surface area contributed by atoms with Crippen molar-refractivity contribution in [3.8, 4) is 0 Å². The largest absolute Gasteiger partial charge is 0.395 e. The SMILES string of the molecule is CC(C)(C)C(O)CN.CC(C)(C)N(CCO)C(C)(C)C. The van der Waals surface area contributed by atoms with Gasteiger partial charge in [-0.25, -0.2) is 0 Å². The molecule has 0 spiro atoms. The summed E-state index contributed by atoms with van der Waals surface area (Å²) < 4.78 is 0. The zero-order chi connectivity index (χ0) is 16.8. The molecule has 0 aliphatic heterocycles. The van der Waals surface area contributed by atoms with E-state index in [4.69, 9.17) is 15.9 Å². The molecule has 0 heterocycles. The van der Waals surface area contributed by atoms with Crippen LogP contribution in [0.25, 0.3) is 0 Å². The molecule has 0 aromatic heterocycles. The summed E-state index contributed by atoms with van der Waals surface area (Å²) in [6.45, 7) is 20.3. The molecule has 4 heteroatoms. The number of aliphatic hydroxyl groups is 2. The van der Waals surface area contributed by atoms with E-state index in [1.165, 1.54) is 0 Å². The second kappa shape index (κ2) is 8.32. The van der Waals surface area contributed by atoms with E-state index >= 15 is 0 Å². The van der Waals surface area contributed by atoms with Crippen LogP contribution in [-0.2, 0) is 0 Å². The van der Waals surface area contributed by atoms with Gasteiger partial charge in [-0.2, -0.15) is 0 Å². The predicted octanol–water partition coefficient (Wildman–Crippen LogP) is 2.23. The maximum Gasteiger partial charge on any atom is 0.0710 e. The molecule has 0 aliphatic carbocycles. The fourth-order valence-electron chi connectivity index (χ4n) is 2.13. The minimum Gasteiger partial charge on any atom is -0.395 e. The molecule has 0 rings (SSSR count). The zero-order valence-corrected chi connectivity index (χ0v) is 15.1. The Hall–Kier alpha value is -0.160. The molecule has 0 aliphatic rings. The molecule has 0 bridgehead atoms. The minimum atomic E-state index is -0.373. The highest BCUT2D eigenvalue weighted by atomic mass is 16.3. The van der Waals surface area contributed by atoms with Crippen LogP contribution in [0.5, 0.6) is 0 Å². The monoisotopic (exact) mass is 290 g/mol. The third-order valence-corrected chi connectivity index (χ3v) is 3.17. The van der Waals surface area contributed by atoms with Crippen molar-refractivity contribution in [2.45, 2.75) is 79.5 Å². The highest BCUT2D eigenvalue weighted by Gasteiger charge is 2.30. The molecule has 20 heavy (non-hydrogen) atoms. The van der Waals surface area contributed by atoms with E-state index in [0.717, 1.165) is 6.54 Å². The summed E-state index contributed by atoms with van der Waals surface area (Å²) in [6.07, 6.45) is -0.373. The van der Waals surface area contributed by atoms with Gasteiger partial charge >= 0.3 is 0 Å². The van der Waals surface area contributed by atoms with Crippen molar-refractivity contribution >= 4 is 0 Å². The second-order valence-corrected chi connectivity index (χ2v) is 8.33. The van der Waals surface area contributed by atoms with Crippen LogP contribution in [-0.4, -0.2) is 52.0 Å². The van der Waals surface area contributed by atoms with Crippen LogP contribution < -0.4 is 5.73 Å². The summed E-state index contributed by atoms with van der Waals surface area (Å²) in [5.74, 6) is 0. The molecule has 0 saturated heterocycles. The molecule has 0 aromatic carbocycles. The Kier molecular flexibility index (Phi) is 9.21. The van der Waals surface area contributed by atoms with Crippen LogP contribution in [0.3, 0.4) is 0 Å². The third-order valence-electron chi connectivity index (χ3n) is 3.17. The first kappa shape index (κ1) is 22.1. The molecule has 0 fully saturated rings. The van der Waals surface area contributed by atoms with Gasteiger partial charge in [0.25, 0.3) is 0 Å². The van der Waals surface area contributed by atoms with Gasteiger partial charge < -0.3 is 15.9 Å².